The van der Waals surface area contributed by atoms with E-state index in [1.807, 2.05) is 6.07 Å². The third-order valence-electron chi connectivity index (χ3n) is 3.81. The molecule has 0 aromatic carbocycles. The van der Waals surface area contributed by atoms with Gasteiger partial charge in [0.05, 0.1) is 0 Å². The average molecular weight is 298 g/mol. The van der Waals surface area contributed by atoms with Crippen molar-refractivity contribution >= 4 is 11.8 Å². The molecule has 6 nitrogen and oxygen atoms in total. The summed E-state index contributed by atoms with van der Waals surface area (Å²) in [5.74, 6) is 0.550. The lowest BCUT2D eigenvalue weighted by atomic mass is 10.0. The van der Waals surface area contributed by atoms with Gasteiger partial charge in [-0.2, -0.15) is 0 Å². The number of carboxylic acids is 1. The molecular weight excluding hydrogens is 280 g/mol. The third kappa shape index (κ3) is 3.05. The molecule has 0 saturated carbocycles. The van der Waals surface area contributed by atoms with Crippen LogP contribution < -0.4 is 4.90 Å². The second-order valence-electron chi connectivity index (χ2n) is 5.65. The fourth-order valence-electron chi connectivity index (χ4n) is 2.71. The van der Waals surface area contributed by atoms with Crippen molar-refractivity contribution in [2.45, 2.75) is 19.8 Å². The number of carboxylic acid groups (broad SMARTS) is 1. The van der Waals surface area contributed by atoms with Crippen LogP contribution in [0, 0.1) is 5.92 Å². The predicted octanol–water partition coefficient (Wildman–Crippen LogP) is 2.47. The minimum atomic E-state index is -1.05. The van der Waals surface area contributed by atoms with Crippen LogP contribution in [0.5, 0.6) is 0 Å². The van der Waals surface area contributed by atoms with Crippen LogP contribution in [0.1, 0.15) is 30.3 Å². The molecule has 22 heavy (non-hydrogen) atoms. The summed E-state index contributed by atoms with van der Waals surface area (Å²) in [6.45, 7) is 3.98. The van der Waals surface area contributed by atoms with Crippen molar-refractivity contribution < 1.29 is 9.90 Å². The first kappa shape index (κ1) is 14.4. The molecule has 3 rings (SSSR count). The Labute approximate surface area is 128 Å². The molecule has 1 aliphatic heterocycles. The number of hydrogen-bond acceptors (Lipinski definition) is 5. The molecule has 0 radical (unpaired) electrons. The minimum Gasteiger partial charge on any atom is -0.477 e. The molecule has 1 fully saturated rings. The van der Waals surface area contributed by atoms with Gasteiger partial charge in [-0.25, -0.2) is 14.8 Å². The van der Waals surface area contributed by atoms with Gasteiger partial charge in [0.2, 0.25) is 0 Å². The van der Waals surface area contributed by atoms with Crippen LogP contribution in [0.25, 0.3) is 11.5 Å². The zero-order chi connectivity index (χ0) is 15.5. The molecule has 0 amide bonds. The Morgan fingerprint density at radius 3 is 2.91 bits per heavy atom. The summed E-state index contributed by atoms with van der Waals surface area (Å²) in [6.07, 6.45) is 3.93. The molecule has 2 aromatic heterocycles. The van der Waals surface area contributed by atoms with Crippen molar-refractivity contribution in [3.05, 3.63) is 36.2 Å². The Balaban J connectivity index is 2.02. The molecule has 1 atom stereocenters. The van der Waals surface area contributed by atoms with Crippen molar-refractivity contribution in [3.63, 3.8) is 0 Å². The highest BCUT2D eigenvalue weighted by Crippen LogP contribution is 2.24. The van der Waals surface area contributed by atoms with Gasteiger partial charge in [0.25, 0.3) is 0 Å². The topological polar surface area (TPSA) is 79.2 Å². The Morgan fingerprint density at radius 2 is 2.23 bits per heavy atom. The Hall–Kier alpha value is -2.50. The van der Waals surface area contributed by atoms with Crippen LogP contribution in [-0.4, -0.2) is 39.1 Å². The number of aromatic nitrogens is 3. The van der Waals surface area contributed by atoms with Crippen molar-refractivity contribution in [1.29, 1.82) is 0 Å². The molecular formula is C16H18N4O2. The first-order valence-electron chi connectivity index (χ1n) is 7.42. The SMILES string of the molecule is CC1CCCN(c2cc(C(=O)O)nc(-c3ccccn3)n2)C1. The predicted molar refractivity (Wildman–Crippen MR) is 82.8 cm³/mol. The monoisotopic (exact) mass is 298 g/mol. The summed E-state index contributed by atoms with van der Waals surface area (Å²) in [4.78, 5) is 26.4. The zero-order valence-electron chi connectivity index (χ0n) is 12.4. The number of rotatable bonds is 3. The van der Waals surface area contributed by atoms with Crippen LogP contribution in [0.15, 0.2) is 30.5 Å². The number of hydrogen-bond donors (Lipinski definition) is 1. The second kappa shape index (κ2) is 6.09. The van der Waals surface area contributed by atoms with E-state index in [1.54, 1.807) is 24.4 Å². The fraction of sp³-hybridized carbons (Fsp3) is 0.375. The zero-order valence-corrected chi connectivity index (χ0v) is 12.4. The van der Waals surface area contributed by atoms with Crippen LogP contribution in [0.3, 0.4) is 0 Å². The highest BCUT2D eigenvalue weighted by atomic mass is 16.4. The lowest BCUT2D eigenvalue weighted by Gasteiger charge is -2.32. The number of nitrogens with zero attached hydrogens (tertiary/aromatic N) is 4. The Bertz CT molecular complexity index is 675. The smallest absolute Gasteiger partial charge is 0.354 e. The normalized spacial score (nSPS) is 18.2. The number of pyridine rings is 1. The van der Waals surface area contributed by atoms with Gasteiger partial charge in [0, 0.05) is 25.4 Å². The summed E-state index contributed by atoms with van der Waals surface area (Å²) < 4.78 is 0. The van der Waals surface area contributed by atoms with Gasteiger partial charge in [-0.15, -0.1) is 0 Å². The highest BCUT2D eigenvalue weighted by molar-refractivity contribution is 5.86. The van der Waals surface area contributed by atoms with Gasteiger partial charge in [-0.3, -0.25) is 4.98 Å². The molecule has 114 valence electrons. The van der Waals surface area contributed by atoms with Crippen molar-refractivity contribution in [1.82, 2.24) is 15.0 Å². The van der Waals surface area contributed by atoms with E-state index in [9.17, 15) is 9.90 Å². The highest BCUT2D eigenvalue weighted by Gasteiger charge is 2.21. The van der Waals surface area contributed by atoms with Gasteiger partial charge < -0.3 is 10.0 Å². The van der Waals surface area contributed by atoms with E-state index >= 15 is 0 Å². The van der Waals surface area contributed by atoms with Gasteiger partial charge in [-0.1, -0.05) is 13.0 Å². The first-order valence-corrected chi connectivity index (χ1v) is 7.42. The molecule has 1 N–H and O–H groups in total. The summed E-state index contributed by atoms with van der Waals surface area (Å²) in [5.41, 5.74) is 0.584. The van der Waals surface area contributed by atoms with Crippen molar-refractivity contribution in [3.8, 4) is 11.5 Å². The molecule has 2 aromatic rings. The van der Waals surface area contributed by atoms with Gasteiger partial charge in [0.15, 0.2) is 11.5 Å². The molecule has 6 heteroatoms. The summed E-state index contributed by atoms with van der Waals surface area (Å²) in [7, 11) is 0. The summed E-state index contributed by atoms with van der Waals surface area (Å²) >= 11 is 0. The van der Waals surface area contributed by atoms with E-state index < -0.39 is 5.97 Å². The van der Waals surface area contributed by atoms with E-state index in [1.165, 1.54) is 6.42 Å². The number of carbonyl (C=O) groups is 1. The lowest BCUT2D eigenvalue weighted by Crippen LogP contribution is -2.35. The van der Waals surface area contributed by atoms with Crippen molar-refractivity contribution in [2.75, 3.05) is 18.0 Å². The van der Waals surface area contributed by atoms with E-state index in [2.05, 4.69) is 26.8 Å². The van der Waals surface area contributed by atoms with Gasteiger partial charge in [-0.05, 0) is 30.9 Å². The molecule has 0 spiro atoms. The van der Waals surface area contributed by atoms with E-state index in [-0.39, 0.29) is 5.69 Å². The van der Waals surface area contributed by atoms with E-state index in [0.717, 1.165) is 19.5 Å². The number of piperidine rings is 1. The largest absolute Gasteiger partial charge is 0.477 e. The van der Waals surface area contributed by atoms with Crippen LogP contribution >= 0.6 is 0 Å². The van der Waals surface area contributed by atoms with Gasteiger partial charge in [0.1, 0.15) is 11.5 Å². The summed E-state index contributed by atoms with van der Waals surface area (Å²) in [5, 5.41) is 9.30. The minimum absolute atomic E-state index is 0.00359. The molecule has 0 aliphatic carbocycles. The molecule has 1 unspecified atom stereocenters. The van der Waals surface area contributed by atoms with E-state index in [0.29, 0.717) is 23.3 Å². The number of anilines is 1. The maximum Gasteiger partial charge on any atom is 0.354 e. The molecule has 1 aliphatic rings. The maximum atomic E-state index is 11.4. The van der Waals surface area contributed by atoms with Crippen LogP contribution in [0.2, 0.25) is 0 Å². The lowest BCUT2D eigenvalue weighted by molar-refractivity contribution is 0.0690. The molecule has 3 heterocycles. The maximum absolute atomic E-state index is 11.4. The standard InChI is InChI=1S/C16H18N4O2/c1-11-5-4-8-20(10-11)14-9-13(16(21)22)18-15(19-14)12-6-2-3-7-17-12/h2-3,6-7,9,11H,4-5,8,10H2,1H3,(H,21,22). The second-order valence-corrected chi connectivity index (χ2v) is 5.65. The molecule has 1 saturated heterocycles. The Morgan fingerprint density at radius 1 is 1.36 bits per heavy atom. The van der Waals surface area contributed by atoms with E-state index in [4.69, 9.17) is 0 Å². The Kier molecular flexibility index (Phi) is 4.00. The first-order chi connectivity index (χ1) is 10.6. The fourth-order valence-corrected chi connectivity index (χ4v) is 2.71. The average Bonchev–Trinajstić information content (AvgIpc) is 2.55. The van der Waals surface area contributed by atoms with Gasteiger partial charge >= 0.3 is 5.97 Å². The third-order valence-corrected chi connectivity index (χ3v) is 3.81. The van der Waals surface area contributed by atoms with Crippen LogP contribution in [0.4, 0.5) is 5.82 Å². The van der Waals surface area contributed by atoms with Crippen LogP contribution in [-0.2, 0) is 0 Å². The summed E-state index contributed by atoms with van der Waals surface area (Å²) in [6, 6.07) is 6.97. The quantitative estimate of drug-likeness (QED) is 0.937. The number of aromatic carboxylic acids is 1. The van der Waals surface area contributed by atoms with Crippen molar-refractivity contribution in [2.24, 2.45) is 5.92 Å². The molecule has 0 bridgehead atoms.